The summed E-state index contributed by atoms with van der Waals surface area (Å²) in [4.78, 5) is 0. The average molecular weight is 259 g/mol. The van der Waals surface area contributed by atoms with E-state index in [2.05, 4.69) is 16.0 Å². The molecule has 86 valence electrons. The maximum Gasteiger partial charge on any atom is 0.229 e. The zero-order chi connectivity index (χ0) is 12.2. The minimum absolute atomic E-state index is 0.321. The van der Waals surface area contributed by atoms with Crippen molar-refractivity contribution in [3.8, 4) is 12.3 Å². The van der Waals surface area contributed by atoms with Gasteiger partial charge in [-0.1, -0.05) is 17.5 Å². The van der Waals surface area contributed by atoms with Gasteiger partial charge in [-0.3, -0.25) is 4.72 Å². The van der Waals surface area contributed by atoms with Gasteiger partial charge in [0.25, 0.3) is 0 Å². The van der Waals surface area contributed by atoms with Crippen molar-refractivity contribution in [1.29, 1.82) is 0 Å². The molecule has 0 radical (unpaired) electrons. The molecule has 0 aliphatic carbocycles. The molecule has 2 N–H and O–H groups in total. The first-order valence-corrected chi connectivity index (χ1v) is 6.64. The van der Waals surface area contributed by atoms with E-state index >= 15 is 0 Å². The van der Waals surface area contributed by atoms with E-state index < -0.39 is 10.0 Å². The molecular formula is C10H11ClN2O2S. The summed E-state index contributed by atoms with van der Waals surface area (Å²) < 4.78 is 24.4. The fourth-order valence-electron chi connectivity index (χ4n) is 1.08. The fourth-order valence-corrected chi connectivity index (χ4v) is 1.82. The van der Waals surface area contributed by atoms with Crippen LogP contribution in [-0.4, -0.2) is 21.2 Å². The molecule has 16 heavy (non-hydrogen) atoms. The van der Waals surface area contributed by atoms with E-state index in [0.717, 1.165) is 6.26 Å². The number of terminal acetylenes is 1. The Balaban J connectivity index is 2.94. The second-order valence-corrected chi connectivity index (χ2v) is 5.28. The molecule has 4 nitrogen and oxygen atoms in total. The Labute approximate surface area is 100 Å². The van der Waals surface area contributed by atoms with Crippen LogP contribution in [0.1, 0.15) is 0 Å². The third kappa shape index (κ3) is 4.01. The Kier molecular flexibility index (Phi) is 4.05. The lowest BCUT2D eigenvalue weighted by atomic mass is 10.3. The largest absolute Gasteiger partial charge is 0.373 e. The van der Waals surface area contributed by atoms with Gasteiger partial charge in [0, 0.05) is 0 Å². The van der Waals surface area contributed by atoms with Gasteiger partial charge in [-0.2, -0.15) is 0 Å². The van der Waals surface area contributed by atoms with Gasteiger partial charge < -0.3 is 5.32 Å². The highest BCUT2D eigenvalue weighted by Crippen LogP contribution is 2.25. The Morgan fingerprint density at radius 1 is 1.50 bits per heavy atom. The summed E-state index contributed by atoms with van der Waals surface area (Å²) in [5.41, 5.74) is 1.03. The molecule has 0 amide bonds. The smallest absolute Gasteiger partial charge is 0.229 e. The Hall–Kier alpha value is -1.38. The number of sulfonamides is 1. The highest BCUT2D eigenvalue weighted by molar-refractivity contribution is 7.92. The monoisotopic (exact) mass is 258 g/mol. The molecule has 1 aromatic carbocycles. The SMILES string of the molecule is C#CCNc1cc(NS(C)(=O)=O)ccc1Cl. The third-order valence-electron chi connectivity index (χ3n) is 1.65. The molecule has 0 spiro atoms. The van der Waals surface area contributed by atoms with E-state index in [1.54, 1.807) is 18.2 Å². The number of rotatable bonds is 4. The number of hydrogen-bond donors (Lipinski definition) is 2. The van der Waals surface area contributed by atoms with Crippen LogP contribution in [0.2, 0.25) is 5.02 Å². The molecule has 6 heteroatoms. The fraction of sp³-hybridized carbons (Fsp3) is 0.200. The van der Waals surface area contributed by atoms with Crippen LogP contribution >= 0.6 is 11.6 Å². The van der Waals surface area contributed by atoms with E-state index in [-0.39, 0.29) is 0 Å². The molecule has 0 unspecified atom stereocenters. The quantitative estimate of drug-likeness (QED) is 0.809. The molecule has 0 atom stereocenters. The van der Waals surface area contributed by atoms with Gasteiger partial charge in [0.1, 0.15) is 0 Å². The first-order valence-electron chi connectivity index (χ1n) is 4.37. The molecule has 0 bridgehead atoms. The molecule has 0 saturated heterocycles. The van der Waals surface area contributed by atoms with Gasteiger partial charge in [-0.15, -0.1) is 6.42 Å². The van der Waals surface area contributed by atoms with Gasteiger partial charge in [0.2, 0.25) is 10.0 Å². The van der Waals surface area contributed by atoms with Crippen molar-refractivity contribution in [2.75, 3.05) is 22.8 Å². The van der Waals surface area contributed by atoms with E-state index in [1.807, 2.05) is 0 Å². The molecular weight excluding hydrogens is 248 g/mol. The predicted octanol–water partition coefficient (Wildman–Crippen LogP) is 1.76. The van der Waals surface area contributed by atoms with Gasteiger partial charge >= 0.3 is 0 Å². The lowest BCUT2D eigenvalue weighted by molar-refractivity contribution is 0.607. The van der Waals surface area contributed by atoms with Crippen LogP contribution in [0.3, 0.4) is 0 Å². The van der Waals surface area contributed by atoms with Gasteiger partial charge in [0.15, 0.2) is 0 Å². The highest BCUT2D eigenvalue weighted by atomic mass is 35.5. The van der Waals surface area contributed by atoms with Crippen LogP contribution in [0.25, 0.3) is 0 Å². The predicted molar refractivity (Wildman–Crippen MR) is 67.2 cm³/mol. The number of nitrogens with one attached hydrogen (secondary N) is 2. The average Bonchev–Trinajstić information content (AvgIpc) is 2.17. The summed E-state index contributed by atoms with van der Waals surface area (Å²) in [7, 11) is -3.29. The maximum absolute atomic E-state index is 11.0. The number of halogens is 1. The summed E-state index contributed by atoms with van der Waals surface area (Å²) in [6.45, 7) is 0.321. The van der Waals surface area contributed by atoms with Crippen molar-refractivity contribution >= 4 is 33.0 Å². The van der Waals surface area contributed by atoms with Gasteiger partial charge in [0.05, 0.1) is 29.2 Å². The van der Waals surface area contributed by atoms with Gasteiger partial charge in [-0.25, -0.2) is 8.42 Å². The number of benzene rings is 1. The van der Waals surface area contributed by atoms with Crippen LogP contribution < -0.4 is 10.0 Å². The summed E-state index contributed by atoms with van der Waals surface area (Å²) in [6.07, 6.45) is 6.18. The van der Waals surface area contributed by atoms with Crippen molar-refractivity contribution < 1.29 is 8.42 Å². The topological polar surface area (TPSA) is 58.2 Å². The second kappa shape index (κ2) is 5.10. The first kappa shape index (κ1) is 12.7. The van der Waals surface area contributed by atoms with Crippen molar-refractivity contribution in [1.82, 2.24) is 0 Å². The molecule has 0 aliphatic rings. The number of anilines is 2. The maximum atomic E-state index is 11.0. The molecule has 0 heterocycles. The lowest BCUT2D eigenvalue weighted by Crippen LogP contribution is -2.10. The first-order chi connectivity index (χ1) is 7.42. The molecule has 0 aliphatic heterocycles. The molecule has 0 saturated carbocycles. The van der Waals surface area contributed by atoms with Crippen LogP contribution in [-0.2, 0) is 10.0 Å². The van der Waals surface area contributed by atoms with Crippen LogP contribution in [0, 0.1) is 12.3 Å². The molecule has 1 aromatic rings. The summed E-state index contributed by atoms with van der Waals surface area (Å²) in [5, 5.41) is 3.37. The van der Waals surface area contributed by atoms with Crippen LogP contribution in [0.5, 0.6) is 0 Å². The summed E-state index contributed by atoms with van der Waals surface area (Å²) in [5.74, 6) is 2.40. The summed E-state index contributed by atoms with van der Waals surface area (Å²) >= 11 is 5.89. The normalized spacial score (nSPS) is 10.6. The lowest BCUT2D eigenvalue weighted by Gasteiger charge is -2.09. The Morgan fingerprint density at radius 3 is 2.75 bits per heavy atom. The van der Waals surface area contributed by atoms with Crippen molar-refractivity contribution in [2.45, 2.75) is 0 Å². The zero-order valence-corrected chi connectivity index (χ0v) is 10.2. The Bertz CT molecular complexity index is 520. The second-order valence-electron chi connectivity index (χ2n) is 3.13. The van der Waals surface area contributed by atoms with Crippen LogP contribution in [0.15, 0.2) is 18.2 Å². The minimum Gasteiger partial charge on any atom is -0.373 e. The van der Waals surface area contributed by atoms with Gasteiger partial charge in [-0.05, 0) is 18.2 Å². The summed E-state index contributed by atoms with van der Waals surface area (Å²) in [6, 6.07) is 4.75. The van der Waals surface area contributed by atoms with E-state index in [4.69, 9.17) is 18.0 Å². The standard InChI is InChI=1S/C10H11ClN2O2S/c1-3-6-12-10-7-8(4-5-9(10)11)13-16(2,14)15/h1,4-5,7,12-13H,6H2,2H3. The van der Waals surface area contributed by atoms with Crippen molar-refractivity contribution in [3.63, 3.8) is 0 Å². The van der Waals surface area contributed by atoms with Crippen LogP contribution in [0.4, 0.5) is 11.4 Å². The molecule has 0 aromatic heterocycles. The van der Waals surface area contributed by atoms with Crippen molar-refractivity contribution in [3.05, 3.63) is 23.2 Å². The van der Waals surface area contributed by atoms with Crippen molar-refractivity contribution in [2.24, 2.45) is 0 Å². The van der Waals surface area contributed by atoms with E-state index in [9.17, 15) is 8.42 Å². The molecule has 1 rings (SSSR count). The Morgan fingerprint density at radius 2 is 2.19 bits per heavy atom. The third-order valence-corrected chi connectivity index (χ3v) is 2.59. The minimum atomic E-state index is -3.29. The highest BCUT2D eigenvalue weighted by Gasteiger charge is 2.05. The van der Waals surface area contributed by atoms with E-state index in [1.165, 1.54) is 0 Å². The number of hydrogen-bond acceptors (Lipinski definition) is 3. The molecule has 0 fully saturated rings. The van der Waals surface area contributed by atoms with E-state index in [0.29, 0.717) is 22.9 Å². The zero-order valence-electron chi connectivity index (χ0n) is 8.62.